The maximum atomic E-state index is 12.1. The van der Waals surface area contributed by atoms with Gasteiger partial charge in [-0.1, -0.05) is 60.2 Å². The van der Waals surface area contributed by atoms with Gasteiger partial charge >= 0.3 is 6.03 Å². The van der Waals surface area contributed by atoms with Crippen molar-refractivity contribution in [2.24, 2.45) is 0 Å². The number of carbonyl (C=O) groups is 1. The van der Waals surface area contributed by atoms with E-state index in [0.717, 1.165) is 19.3 Å². The number of hydrogen-bond acceptors (Lipinski definition) is 1. The lowest BCUT2D eigenvalue weighted by Crippen LogP contribution is -2.42. The number of amides is 2. The second-order valence-corrected chi connectivity index (χ2v) is 6.06. The summed E-state index contributed by atoms with van der Waals surface area (Å²) in [5, 5.41) is 6.10. The second kappa shape index (κ2) is 6.22. The quantitative estimate of drug-likeness (QED) is 0.870. The molecule has 3 rings (SSSR count). The summed E-state index contributed by atoms with van der Waals surface area (Å²) >= 11 is 0. The van der Waals surface area contributed by atoms with Gasteiger partial charge in [0.1, 0.15) is 0 Å². The molecule has 1 saturated carbocycles. The fourth-order valence-electron chi connectivity index (χ4n) is 2.71. The Morgan fingerprint density at radius 1 is 1.05 bits per heavy atom. The van der Waals surface area contributed by atoms with Crippen molar-refractivity contribution in [3.63, 3.8) is 0 Å². The van der Waals surface area contributed by atoms with Crippen molar-refractivity contribution in [2.45, 2.75) is 31.7 Å². The Hall–Kier alpha value is -2.29. The molecule has 0 spiro atoms. The molecule has 3 nitrogen and oxygen atoms in total. The van der Waals surface area contributed by atoms with Gasteiger partial charge in [0.05, 0.1) is 5.54 Å². The third kappa shape index (κ3) is 3.48. The molecule has 114 valence electrons. The van der Waals surface area contributed by atoms with Crippen molar-refractivity contribution in [3.05, 3.63) is 71.3 Å². The van der Waals surface area contributed by atoms with E-state index in [1.807, 2.05) is 18.2 Å². The molecule has 0 aliphatic heterocycles. The van der Waals surface area contributed by atoms with Gasteiger partial charge in [-0.2, -0.15) is 0 Å². The minimum absolute atomic E-state index is 0.0750. The largest absolute Gasteiger partial charge is 0.338 e. The summed E-state index contributed by atoms with van der Waals surface area (Å²) in [5.74, 6) is 0. The predicted octanol–water partition coefficient (Wildman–Crippen LogP) is 3.53. The Kier molecular flexibility index (Phi) is 4.14. The number of benzene rings is 2. The van der Waals surface area contributed by atoms with Crippen molar-refractivity contribution in [3.8, 4) is 0 Å². The molecule has 0 atom stereocenters. The Balaban J connectivity index is 1.50. The SMILES string of the molecule is Cc1ccc(C2(NC(=O)NCCc3ccccc3)CC2)cc1. The highest BCUT2D eigenvalue weighted by Gasteiger charge is 2.45. The van der Waals surface area contributed by atoms with Crippen LogP contribution in [0.25, 0.3) is 0 Å². The van der Waals surface area contributed by atoms with Crippen LogP contribution < -0.4 is 10.6 Å². The predicted molar refractivity (Wildman–Crippen MR) is 88.8 cm³/mol. The molecule has 2 amide bonds. The zero-order valence-electron chi connectivity index (χ0n) is 12.9. The molecule has 2 N–H and O–H groups in total. The molecule has 0 heterocycles. The van der Waals surface area contributed by atoms with Crippen LogP contribution in [0.15, 0.2) is 54.6 Å². The van der Waals surface area contributed by atoms with E-state index >= 15 is 0 Å². The molecule has 2 aromatic rings. The van der Waals surface area contributed by atoms with E-state index in [1.54, 1.807) is 0 Å². The van der Waals surface area contributed by atoms with Gasteiger partial charge in [0.2, 0.25) is 0 Å². The van der Waals surface area contributed by atoms with Crippen molar-refractivity contribution >= 4 is 6.03 Å². The molecule has 0 radical (unpaired) electrons. The average molecular weight is 294 g/mol. The van der Waals surface area contributed by atoms with E-state index < -0.39 is 0 Å². The highest BCUT2D eigenvalue weighted by molar-refractivity contribution is 5.75. The van der Waals surface area contributed by atoms with Crippen LogP contribution in [0.5, 0.6) is 0 Å². The smallest absolute Gasteiger partial charge is 0.315 e. The molecule has 0 unspecified atom stereocenters. The number of hydrogen-bond donors (Lipinski definition) is 2. The van der Waals surface area contributed by atoms with E-state index in [1.165, 1.54) is 16.7 Å². The molecule has 22 heavy (non-hydrogen) atoms. The van der Waals surface area contributed by atoms with Crippen molar-refractivity contribution in [1.82, 2.24) is 10.6 Å². The first-order valence-corrected chi connectivity index (χ1v) is 7.85. The Bertz CT molecular complexity index is 630. The summed E-state index contributed by atoms with van der Waals surface area (Å²) in [4.78, 5) is 12.1. The van der Waals surface area contributed by atoms with E-state index in [0.29, 0.717) is 6.54 Å². The van der Waals surface area contributed by atoms with Crippen LogP contribution in [0.1, 0.15) is 29.5 Å². The van der Waals surface area contributed by atoms with Gasteiger partial charge < -0.3 is 10.6 Å². The fraction of sp³-hybridized carbons (Fsp3) is 0.316. The summed E-state index contributed by atoms with van der Waals surface area (Å²) in [5.41, 5.74) is 3.54. The first-order valence-electron chi connectivity index (χ1n) is 7.85. The highest BCUT2D eigenvalue weighted by atomic mass is 16.2. The Labute approximate surface area is 131 Å². The summed E-state index contributed by atoms with van der Waals surface area (Å²) in [6.45, 7) is 2.73. The van der Waals surface area contributed by atoms with Crippen LogP contribution in [0.4, 0.5) is 4.79 Å². The summed E-state index contributed by atoms with van der Waals surface area (Å²) in [6, 6.07) is 18.6. The first-order chi connectivity index (χ1) is 10.7. The molecule has 1 fully saturated rings. The van der Waals surface area contributed by atoms with Crippen LogP contribution in [0, 0.1) is 6.92 Å². The molecule has 0 aromatic heterocycles. The maximum absolute atomic E-state index is 12.1. The number of rotatable bonds is 5. The number of urea groups is 1. The van der Waals surface area contributed by atoms with Crippen LogP contribution in [-0.4, -0.2) is 12.6 Å². The van der Waals surface area contributed by atoms with Crippen LogP contribution >= 0.6 is 0 Å². The van der Waals surface area contributed by atoms with E-state index in [2.05, 4.69) is 54.0 Å². The summed E-state index contributed by atoms with van der Waals surface area (Å²) in [7, 11) is 0. The Morgan fingerprint density at radius 3 is 2.36 bits per heavy atom. The van der Waals surface area contributed by atoms with Gasteiger partial charge in [-0.05, 0) is 37.3 Å². The second-order valence-electron chi connectivity index (χ2n) is 6.06. The first kappa shape index (κ1) is 14.6. The third-order valence-electron chi connectivity index (χ3n) is 4.25. The molecule has 1 aliphatic carbocycles. The number of carbonyl (C=O) groups excluding carboxylic acids is 1. The molecule has 0 saturated heterocycles. The van der Waals surface area contributed by atoms with Crippen molar-refractivity contribution in [2.75, 3.05) is 6.54 Å². The lowest BCUT2D eigenvalue weighted by Gasteiger charge is -2.18. The van der Waals surface area contributed by atoms with Gasteiger partial charge in [-0.15, -0.1) is 0 Å². The molecular formula is C19H22N2O. The summed E-state index contributed by atoms with van der Waals surface area (Å²) < 4.78 is 0. The number of aryl methyl sites for hydroxylation is 1. The normalized spacial score (nSPS) is 15.1. The minimum Gasteiger partial charge on any atom is -0.338 e. The molecule has 3 heteroatoms. The van der Waals surface area contributed by atoms with Gasteiger partial charge in [-0.25, -0.2) is 4.79 Å². The molecular weight excluding hydrogens is 272 g/mol. The van der Waals surface area contributed by atoms with Gasteiger partial charge in [-0.3, -0.25) is 0 Å². The van der Waals surface area contributed by atoms with Crippen molar-refractivity contribution < 1.29 is 4.79 Å². The standard InChI is InChI=1S/C19H22N2O/c1-15-7-9-17(10-8-15)19(12-13-19)21-18(22)20-14-11-16-5-3-2-4-6-16/h2-10H,11-14H2,1H3,(H2,20,21,22). The fourth-order valence-corrected chi connectivity index (χ4v) is 2.71. The lowest BCUT2D eigenvalue weighted by molar-refractivity contribution is 0.236. The topological polar surface area (TPSA) is 41.1 Å². The van der Waals surface area contributed by atoms with Crippen LogP contribution in [0.2, 0.25) is 0 Å². The molecule has 2 aromatic carbocycles. The van der Waals surface area contributed by atoms with Gasteiger partial charge in [0.15, 0.2) is 0 Å². The molecule has 0 bridgehead atoms. The monoisotopic (exact) mass is 294 g/mol. The third-order valence-corrected chi connectivity index (χ3v) is 4.25. The Morgan fingerprint density at radius 2 is 1.73 bits per heavy atom. The van der Waals surface area contributed by atoms with Gasteiger partial charge in [0, 0.05) is 6.54 Å². The van der Waals surface area contributed by atoms with Crippen molar-refractivity contribution in [1.29, 1.82) is 0 Å². The number of nitrogens with one attached hydrogen (secondary N) is 2. The zero-order chi connectivity index (χ0) is 15.4. The van der Waals surface area contributed by atoms with Gasteiger partial charge in [0.25, 0.3) is 0 Å². The summed E-state index contributed by atoms with van der Waals surface area (Å²) in [6.07, 6.45) is 2.89. The molecule has 1 aliphatic rings. The lowest BCUT2D eigenvalue weighted by atomic mass is 10.0. The highest BCUT2D eigenvalue weighted by Crippen LogP contribution is 2.45. The van der Waals surface area contributed by atoms with E-state index in [4.69, 9.17) is 0 Å². The maximum Gasteiger partial charge on any atom is 0.315 e. The van der Waals surface area contributed by atoms with E-state index in [-0.39, 0.29) is 11.6 Å². The minimum atomic E-state index is -0.148. The van der Waals surface area contributed by atoms with Crippen LogP contribution in [0.3, 0.4) is 0 Å². The average Bonchev–Trinajstić information content (AvgIpc) is 3.29. The van der Waals surface area contributed by atoms with E-state index in [9.17, 15) is 4.79 Å². The zero-order valence-corrected chi connectivity index (χ0v) is 12.9. The van der Waals surface area contributed by atoms with Crippen LogP contribution in [-0.2, 0) is 12.0 Å².